The van der Waals surface area contributed by atoms with Gasteiger partial charge in [0.25, 0.3) is 5.69 Å². The Bertz CT molecular complexity index is 654. The van der Waals surface area contributed by atoms with Crippen LogP contribution in [-0.2, 0) is 0 Å². The number of para-hydroxylation sites is 1. The lowest BCUT2D eigenvalue weighted by molar-refractivity contribution is -0.385. The van der Waals surface area contributed by atoms with Gasteiger partial charge in [-0.1, -0.05) is 31.2 Å². The molecule has 0 fully saturated rings. The third-order valence-corrected chi connectivity index (χ3v) is 3.34. The molecule has 5 nitrogen and oxygen atoms in total. The molecule has 0 aromatic heterocycles. The second-order valence-corrected chi connectivity index (χ2v) is 4.72. The van der Waals surface area contributed by atoms with Crippen molar-refractivity contribution in [2.24, 2.45) is 0 Å². The summed E-state index contributed by atoms with van der Waals surface area (Å²) in [7, 11) is 0. The quantitative estimate of drug-likeness (QED) is 0.662. The van der Waals surface area contributed by atoms with Gasteiger partial charge in [-0.05, 0) is 25.5 Å². The summed E-state index contributed by atoms with van der Waals surface area (Å²) < 4.78 is 5.79. The fourth-order valence-electron chi connectivity index (χ4n) is 2.10. The van der Waals surface area contributed by atoms with Crippen LogP contribution in [0.5, 0.6) is 11.5 Å². The number of rotatable bonds is 5. The minimum atomic E-state index is -0.625. The highest BCUT2D eigenvalue weighted by atomic mass is 16.6. The molecule has 21 heavy (non-hydrogen) atoms. The molecule has 5 heteroatoms. The first-order chi connectivity index (χ1) is 10.0. The van der Waals surface area contributed by atoms with Gasteiger partial charge in [-0.15, -0.1) is 0 Å². The monoisotopic (exact) mass is 287 g/mol. The van der Waals surface area contributed by atoms with E-state index in [1.54, 1.807) is 37.3 Å². The molecule has 2 rings (SSSR count). The molecule has 0 bridgehead atoms. The highest BCUT2D eigenvalue weighted by Crippen LogP contribution is 2.34. The first-order valence-corrected chi connectivity index (χ1v) is 6.73. The van der Waals surface area contributed by atoms with E-state index in [9.17, 15) is 15.2 Å². The molecule has 2 aromatic carbocycles. The first-order valence-electron chi connectivity index (χ1n) is 6.73. The Balaban J connectivity index is 2.40. The lowest BCUT2D eigenvalue weighted by Gasteiger charge is -2.15. The van der Waals surface area contributed by atoms with Crippen molar-refractivity contribution in [1.82, 2.24) is 0 Å². The lowest BCUT2D eigenvalue weighted by Crippen LogP contribution is -2.00. The second-order valence-electron chi connectivity index (χ2n) is 4.72. The lowest BCUT2D eigenvalue weighted by atomic mass is 10.1. The maximum atomic E-state index is 11.0. The van der Waals surface area contributed by atoms with Crippen LogP contribution in [0.25, 0.3) is 0 Å². The van der Waals surface area contributed by atoms with Crippen molar-refractivity contribution < 1.29 is 14.8 Å². The fraction of sp³-hybridized carbons (Fsp3) is 0.250. The third-order valence-electron chi connectivity index (χ3n) is 3.34. The average Bonchev–Trinajstić information content (AvgIpc) is 2.49. The Morgan fingerprint density at radius 1 is 1.19 bits per heavy atom. The normalized spacial score (nSPS) is 12.0. The predicted molar refractivity (Wildman–Crippen MR) is 79.6 cm³/mol. The van der Waals surface area contributed by atoms with Crippen molar-refractivity contribution in [3.63, 3.8) is 0 Å². The van der Waals surface area contributed by atoms with Crippen molar-refractivity contribution >= 4 is 5.69 Å². The molecule has 0 spiro atoms. The van der Waals surface area contributed by atoms with E-state index < -0.39 is 11.0 Å². The minimum absolute atomic E-state index is 0.0148. The zero-order valence-electron chi connectivity index (χ0n) is 11.9. The number of nitro groups is 1. The number of aliphatic hydroxyl groups is 1. The summed E-state index contributed by atoms with van der Waals surface area (Å²) in [5.74, 6) is 0.926. The van der Waals surface area contributed by atoms with Crippen LogP contribution in [0.2, 0.25) is 0 Å². The number of ether oxygens (including phenoxy) is 1. The highest BCUT2D eigenvalue weighted by molar-refractivity contribution is 5.50. The smallest absolute Gasteiger partial charge is 0.276 e. The van der Waals surface area contributed by atoms with E-state index in [0.29, 0.717) is 29.0 Å². The maximum absolute atomic E-state index is 11.0. The van der Waals surface area contributed by atoms with Crippen LogP contribution in [0, 0.1) is 17.0 Å². The van der Waals surface area contributed by atoms with Gasteiger partial charge in [0.1, 0.15) is 11.5 Å². The summed E-state index contributed by atoms with van der Waals surface area (Å²) >= 11 is 0. The van der Waals surface area contributed by atoms with Gasteiger partial charge in [0.15, 0.2) is 0 Å². The van der Waals surface area contributed by atoms with Crippen LogP contribution in [0.4, 0.5) is 5.69 Å². The van der Waals surface area contributed by atoms with Gasteiger partial charge < -0.3 is 9.84 Å². The minimum Gasteiger partial charge on any atom is -0.456 e. The zero-order valence-corrected chi connectivity index (χ0v) is 11.9. The van der Waals surface area contributed by atoms with Gasteiger partial charge in [0.05, 0.1) is 16.6 Å². The number of nitrogens with zero attached hydrogens (tertiary/aromatic N) is 1. The topological polar surface area (TPSA) is 72.6 Å². The molecule has 0 radical (unpaired) electrons. The molecule has 1 unspecified atom stereocenters. The molecule has 0 saturated carbocycles. The summed E-state index contributed by atoms with van der Waals surface area (Å²) in [6.45, 7) is 3.52. The van der Waals surface area contributed by atoms with E-state index in [4.69, 9.17) is 4.74 Å². The SMILES string of the molecule is CCC(O)c1ccccc1Oc1cccc([N+](=O)[O-])c1C. The molecule has 0 heterocycles. The number of nitro benzene ring substituents is 1. The van der Waals surface area contributed by atoms with Crippen LogP contribution in [0.15, 0.2) is 42.5 Å². The van der Waals surface area contributed by atoms with Gasteiger partial charge in [0.2, 0.25) is 0 Å². The van der Waals surface area contributed by atoms with Crippen LogP contribution < -0.4 is 4.74 Å². The third kappa shape index (κ3) is 3.20. The van der Waals surface area contributed by atoms with E-state index in [-0.39, 0.29) is 5.69 Å². The summed E-state index contributed by atoms with van der Waals surface area (Å²) in [6, 6.07) is 11.9. The molecule has 0 aliphatic heterocycles. The molecular formula is C16H17NO4. The number of aliphatic hydroxyl groups excluding tert-OH is 1. The molecule has 1 N–H and O–H groups in total. The number of hydrogen-bond donors (Lipinski definition) is 1. The summed E-state index contributed by atoms with van der Waals surface area (Å²) in [5.41, 5.74) is 1.15. The Labute approximate surface area is 123 Å². The largest absolute Gasteiger partial charge is 0.456 e. The molecule has 110 valence electrons. The van der Waals surface area contributed by atoms with Crippen LogP contribution in [-0.4, -0.2) is 10.0 Å². The molecule has 0 saturated heterocycles. The van der Waals surface area contributed by atoms with E-state index >= 15 is 0 Å². The Morgan fingerprint density at radius 2 is 1.86 bits per heavy atom. The van der Waals surface area contributed by atoms with Crippen LogP contribution in [0.3, 0.4) is 0 Å². The van der Waals surface area contributed by atoms with Gasteiger partial charge in [-0.3, -0.25) is 10.1 Å². The molecular weight excluding hydrogens is 270 g/mol. The molecule has 1 atom stereocenters. The fourth-order valence-corrected chi connectivity index (χ4v) is 2.10. The zero-order chi connectivity index (χ0) is 15.4. The van der Waals surface area contributed by atoms with E-state index in [1.165, 1.54) is 6.07 Å². The summed E-state index contributed by atoms with van der Waals surface area (Å²) in [4.78, 5) is 10.5. The Kier molecular flexibility index (Phi) is 4.55. The number of hydrogen-bond acceptors (Lipinski definition) is 4. The van der Waals surface area contributed by atoms with E-state index in [1.807, 2.05) is 13.0 Å². The van der Waals surface area contributed by atoms with E-state index in [0.717, 1.165) is 0 Å². The maximum Gasteiger partial charge on any atom is 0.276 e. The Hall–Kier alpha value is -2.40. The molecule has 0 amide bonds. The van der Waals surface area contributed by atoms with Crippen LogP contribution >= 0.6 is 0 Å². The van der Waals surface area contributed by atoms with Crippen molar-refractivity contribution in [1.29, 1.82) is 0 Å². The molecule has 0 aliphatic carbocycles. The molecule has 0 aliphatic rings. The van der Waals surface area contributed by atoms with Gasteiger partial charge in [0, 0.05) is 11.6 Å². The summed E-state index contributed by atoms with van der Waals surface area (Å²) in [6.07, 6.45) is -0.0610. The van der Waals surface area contributed by atoms with Crippen molar-refractivity contribution in [3.8, 4) is 11.5 Å². The summed E-state index contributed by atoms with van der Waals surface area (Å²) in [5, 5.41) is 21.0. The Morgan fingerprint density at radius 3 is 2.52 bits per heavy atom. The van der Waals surface area contributed by atoms with Crippen molar-refractivity contribution in [2.75, 3.05) is 0 Å². The predicted octanol–water partition coefficient (Wildman–Crippen LogP) is 4.14. The average molecular weight is 287 g/mol. The molecule has 2 aromatic rings. The van der Waals surface area contributed by atoms with Gasteiger partial charge in [-0.25, -0.2) is 0 Å². The van der Waals surface area contributed by atoms with Crippen LogP contribution in [0.1, 0.15) is 30.6 Å². The van der Waals surface area contributed by atoms with Gasteiger partial charge in [-0.2, -0.15) is 0 Å². The second kappa shape index (κ2) is 6.37. The van der Waals surface area contributed by atoms with E-state index in [2.05, 4.69) is 0 Å². The first kappa shape index (κ1) is 15.0. The van der Waals surface area contributed by atoms with Gasteiger partial charge >= 0.3 is 0 Å². The standard InChI is InChI=1S/C16H17NO4/c1-3-14(18)12-7-4-5-9-16(12)21-15-10-6-8-13(11(15)2)17(19)20/h4-10,14,18H,3H2,1-2H3. The van der Waals surface area contributed by atoms with Crippen molar-refractivity contribution in [2.45, 2.75) is 26.4 Å². The number of benzene rings is 2. The van der Waals surface area contributed by atoms with Crippen molar-refractivity contribution in [3.05, 3.63) is 63.7 Å². The highest BCUT2D eigenvalue weighted by Gasteiger charge is 2.17.